The minimum atomic E-state index is -0.327. The Balaban J connectivity index is 1.51. The van der Waals surface area contributed by atoms with Gasteiger partial charge in [-0.15, -0.1) is 0 Å². The Morgan fingerprint density at radius 2 is 1.83 bits per heavy atom. The van der Waals surface area contributed by atoms with Crippen LogP contribution in [-0.2, 0) is 0 Å². The van der Waals surface area contributed by atoms with Gasteiger partial charge in [0.1, 0.15) is 11.4 Å². The number of fused-ring (bicyclic) bond motifs is 2. The number of nitrogens with two attached hydrogens (primary N) is 1. The van der Waals surface area contributed by atoms with Crippen molar-refractivity contribution >= 4 is 45.0 Å². The van der Waals surface area contributed by atoms with Crippen LogP contribution in [0.3, 0.4) is 0 Å². The van der Waals surface area contributed by atoms with E-state index in [1.165, 1.54) is 0 Å². The van der Waals surface area contributed by atoms with Gasteiger partial charge in [0.15, 0.2) is 0 Å². The summed E-state index contributed by atoms with van der Waals surface area (Å²) >= 11 is 0. The van der Waals surface area contributed by atoms with Crippen molar-refractivity contribution < 1.29 is 4.79 Å². The topological polar surface area (TPSA) is 135 Å². The second-order valence-corrected chi connectivity index (χ2v) is 9.33. The number of hydrogen-bond acceptors (Lipinski definition) is 6. The van der Waals surface area contributed by atoms with E-state index in [0.29, 0.717) is 28.1 Å². The predicted octanol–water partition coefficient (Wildman–Crippen LogP) is 2.94. The second-order valence-electron chi connectivity index (χ2n) is 9.33. The van der Waals surface area contributed by atoms with Crippen molar-refractivity contribution in [3.05, 3.63) is 46.8 Å². The lowest BCUT2D eigenvalue weighted by molar-refractivity contribution is 0.250. The van der Waals surface area contributed by atoms with Gasteiger partial charge in [0.05, 0.1) is 22.2 Å². The molecule has 4 aromatic rings. The van der Waals surface area contributed by atoms with Crippen LogP contribution in [0.15, 0.2) is 41.2 Å². The molecule has 10 nitrogen and oxygen atoms in total. The van der Waals surface area contributed by atoms with Gasteiger partial charge in [-0.25, -0.2) is 9.78 Å². The molecule has 0 aliphatic carbocycles. The van der Waals surface area contributed by atoms with Crippen molar-refractivity contribution in [3.8, 4) is 11.4 Å². The van der Waals surface area contributed by atoms with Gasteiger partial charge in [0.25, 0.3) is 5.56 Å². The number of H-pyrrole nitrogens is 2. The van der Waals surface area contributed by atoms with E-state index in [9.17, 15) is 9.59 Å². The van der Waals surface area contributed by atoms with Crippen LogP contribution in [0, 0.1) is 0 Å². The number of urea groups is 1. The van der Waals surface area contributed by atoms with E-state index in [2.05, 4.69) is 54.6 Å². The van der Waals surface area contributed by atoms with E-state index in [1.54, 1.807) is 18.2 Å². The van der Waals surface area contributed by atoms with Crippen LogP contribution in [0.25, 0.3) is 33.3 Å². The fourth-order valence-corrected chi connectivity index (χ4v) is 4.44. The highest BCUT2D eigenvalue weighted by Crippen LogP contribution is 2.31. The number of aromatic nitrogens is 3. The minimum Gasteiger partial charge on any atom is -0.397 e. The summed E-state index contributed by atoms with van der Waals surface area (Å²) in [6.45, 7) is 7.74. The van der Waals surface area contributed by atoms with Crippen LogP contribution in [0.2, 0.25) is 0 Å². The molecule has 1 fully saturated rings. The van der Waals surface area contributed by atoms with Gasteiger partial charge in [0.2, 0.25) is 0 Å². The molecule has 182 valence electrons. The van der Waals surface area contributed by atoms with Gasteiger partial charge < -0.3 is 36.1 Å². The average Bonchev–Trinajstić information content (AvgIpc) is 3.22. The Labute approximate surface area is 202 Å². The molecule has 5 rings (SSSR count). The van der Waals surface area contributed by atoms with Crippen molar-refractivity contribution in [1.29, 1.82) is 0 Å². The van der Waals surface area contributed by atoms with Crippen molar-refractivity contribution in [2.75, 3.05) is 49.2 Å². The first-order valence-corrected chi connectivity index (χ1v) is 11.7. The Hall–Kier alpha value is -4.05. The summed E-state index contributed by atoms with van der Waals surface area (Å²) < 4.78 is 0. The molecule has 10 heteroatoms. The number of imidazole rings is 1. The maximum absolute atomic E-state index is 13.0. The van der Waals surface area contributed by atoms with Gasteiger partial charge in [0, 0.05) is 49.0 Å². The summed E-state index contributed by atoms with van der Waals surface area (Å²) in [5.41, 5.74) is 10.6. The number of benzene rings is 2. The molecule has 2 aromatic heterocycles. The Kier molecular flexibility index (Phi) is 5.81. The Morgan fingerprint density at radius 3 is 2.57 bits per heavy atom. The molecule has 2 aromatic carbocycles. The molecule has 0 bridgehead atoms. The molecule has 0 atom stereocenters. The maximum Gasteiger partial charge on any atom is 0.319 e. The van der Waals surface area contributed by atoms with E-state index in [-0.39, 0.29) is 23.2 Å². The number of pyridine rings is 1. The number of rotatable bonds is 4. The summed E-state index contributed by atoms with van der Waals surface area (Å²) in [6, 6.07) is 11.0. The van der Waals surface area contributed by atoms with Crippen molar-refractivity contribution in [2.45, 2.75) is 19.9 Å². The molecule has 1 saturated heterocycles. The molecule has 1 aliphatic heterocycles. The van der Waals surface area contributed by atoms with Crippen LogP contribution in [0.5, 0.6) is 0 Å². The smallest absolute Gasteiger partial charge is 0.319 e. The van der Waals surface area contributed by atoms with Crippen LogP contribution >= 0.6 is 0 Å². The van der Waals surface area contributed by atoms with E-state index in [0.717, 1.165) is 42.9 Å². The Bertz CT molecular complexity index is 1460. The third-order valence-corrected chi connectivity index (χ3v) is 6.30. The van der Waals surface area contributed by atoms with E-state index >= 15 is 0 Å². The summed E-state index contributed by atoms with van der Waals surface area (Å²) in [7, 11) is 2.13. The number of hydrogen-bond donors (Lipinski definition) is 5. The second kappa shape index (κ2) is 8.95. The fraction of sp³-hybridized carbons (Fsp3) is 0.320. The summed E-state index contributed by atoms with van der Waals surface area (Å²) in [5.74, 6) is 0.409. The number of nitrogens with one attached hydrogen (secondary N) is 4. The number of nitrogens with zero attached hydrogens (tertiary/aromatic N) is 3. The summed E-state index contributed by atoms with van der Waals surface area (Å²) in [4.78, 5) is 40.6. The molecular weight excluding hydrogens is 444 g/mol. The van der Waals surface area contributed by atoms with Crippen LogP contribution < -0.4 is 26.8 Å². The lowest BCUT2D eigenvalue weighted by atomic mass is 10.1. The lowest BCUT2D eigenvalue weighted by Gasteiger charge is -2.34. The normalized spacial score (nSPS) is 14.7. The first kappa shape index (κ1) is 22.7. The zero-order chi connectivity index (χ0) is 24.7. The molecule has 1 aliphatic rings. The third-order valence-electron chi connectivity index (χ3n) is 6.30. The summed E-state index contributed by atoms with van der Waals surface area (Å²) in [5, 5.41) is 6.21. The van der Waals surface area contributed by atoms with Gasteiger partial charge in [-0.2, -0.15) is 0 Å². The number of aromatic amines is 2. The Morgan fingerprint density at radius 1 is 1.06 bits per heavy atom. The highest BCUT2D eigenvalue weighted by atomic mass is 16.2. The molecule has 6 N–H and O–H groups in total. The SMILES string of the molecule is CC(C)NC(=O)Nc1ccc2[nH]c(=O)c(-c3nc4ccc(N5CCN(C)CC5)cc4[nH]3)c(N)c2c1. The van der Waals surface area contributed by atoms with Gasteiger partial charge >= 0.3 is 6.03 Å². The van der Waals surface area contributed by atoms with Crippen LogP contribution in [0.4, 0.5) is 21.9 Å². The molecule has 3 heterocycles. The number of likely N-dealkylation sites (N-methyl/N-ethyl adjacent to an activating group) is 1. The lowest BCUT2D eigenvalue weighted by Crippen LogP contribution is -2.44. The largest absolute Gasteiger partial charge is 0.397 e. The predicted molar refractivity (Wildman–Crippen MR) is 141 cm³/mol. The average molecular weight is 475 g/mol. The van der Waals surface area contributed by atoms with Crippen LogP contribution in [0.1, 0.15) is 13.8 Å². The van der Waals surface area contributed by atoms with Crippen molar-refractivity contribution in [1.82, 2.24) is 25.2 Å². The van der Waals surface area contributed by atoms with Crippen LogP contribution in [-0.4, -0.2) is 65.2 Å². The van der Waals surface area contributed by atoms with Gasteiger partial charge in [-0.05, 0) is 57.3 Å². The van der Waals surface area contributed by atoms with Crippen molar-refractivity contribution in [2.24, 2.45) is 0 Å². The standard InChI is InChI=1S/C25H30N8O2/c1-14(2)27-25(35)28-15-4-6-18-17(12-15)22(26)21(24(34)31-18)23-29-19-7-5-16(13-20(19)30-23)33-10-8-32(3)9-11-33/h4-7,12-14H,8-11H2,1-3H3,(H,29,30)(H3,26,31,34)(H2,27,28,35). The van der Waals surface area contributed by atoms with E-state index < -0.39 is 0 Å². The minimum absolute atomic E-state index is 0.00772. The first-order chi connectivity index (χ1) is 16.8. The van der Waals surface area contributed by atoms with Gasteiger partial charge in [-0.3, -0.25) is 4.79 Å². The van der Waals surface area contributed by atoms with Crippen molar-refractivity contribution in [3.63, 3.8) is 0 Å². The third kappa shape index (κ3) is 4.52. The number of nitrogen functional groups attached to an aromatic ring is 1. The van der Waals surface area contributed by atoms with Gasteiger partial charge in [-0.1, -0.05) is 0 Å². The van der Waals surface area contributed by atoms with E-state index in [4.69, 9.17) is 5.73 Å². The molecule has 0 saturated carbocycles. The molecule has 35 heavy (non-hydrogen) atoms. The number of carbonyl (C=O) groups excluding carboxylic acids is 1. The molecule has 0 radical (unpaired) electrons. The molecule has 0 unspecified atom stereocenters. The highest BCUT2D eigenvalue weighted by Gasteiger charge is 2.19. The number of piperazine rings is 1. The monoisotopic (exact) mass is 474 g/mol. The zero-order valence-electron chi connectivity index (χ0n) is 20.1. The number of carbonyl (C=O) groups is 1. The zero-order valence-corrected chi connectivity index (χ0v) is 20.1. The quantitative estimate of drug-likeness (QED) is 0.309. The molecule has 0 spiro atoms. The summed E-state index contributed by atoms with van der Waals surface area (Å²) in [6.07, 6.45) is 0. The highest BCUT2D eigenvalue weighted by molar-refractivity contribution is 6.01. The maximum atomic E-state index is 13.0. The molecular formula is C25H30N8O2. The van der Waals surface area contributed by atoms with E-state index in [1.807, 2.05) is 19.9 Å². The number of anilines is 3. The fourth-order valence-electron chi connectivity index (χ4n) is 4.44. The first-order valence-electron chi connectivity index (χ1n) is 11.7. The molecule has 2 amide bonds. The number of amides is 2.